The van der Waals surface area contributed by atoms with Crippen LogP contribution in [0.1, 0.15) is 0 Å². The fourth-order valence-electron chi connectivity index (χ4n) is 0.532. The van der Waals surface area contributed by atoms with Crippen LogP contribution in [0.4, 0.5) is 0 Å². The standard InChI is InChI=1S/C6H5O3Si/c10-9-8-7-6-4-2-1-3-5-6/h1-5H. The summed E-state index contributed by atoms with van der Waals surface area (Å²) < 4.78 is 4.03. The molecule has 0 N–H and O–H groups in total. The lowest BCUT2D eigenvalue weighted by atomic mass is 10.3. The van der Waals surface area contributed by atoms with Crippen molar-refractivity contribution >= 4 is 10.5 Å². The minimum Gasteiger partial charge on any atom is -0.309 e. The van der Waals surface area contributed by atoms with E-state index in [-0.39, 0.29) is 0 Å². The van der Waals surface area contributed by atoms with Gasteiger partial charge in [0.15, 0.2) is 5.75 Å². The summed E-state index contributed by atoms with van der Waals surface area (Å²) in [6, 6.07) is 9.01. The summed E-state index contributed by atoms with van der Waals surface area (Å²) >= 11 is 0. The average Bonchev–Trinajstić information content (AvgIpc) is 2.03. The first-order chi connectivity index (χ1) is 4.93. The van der Waals surface area contributed by atoms with Gasteiger partial charge in [-0.05, 0) is 17.2 Å². The normalized spacial score (nSPS) is 9.30. The van der Waals surface area contributed by atoms with Crippen LogP contribution in [0.3, 0.4) is 0 Å². The van der Waals surface area contributed by atoms with Crippen molar-refractivity contribution in [1.82, 2.24) is 0 Å². The van der Waals surface area contributed by atoms with Crippen molar-refractivity contribution in [3.05, 3.63) is 30.3 Å². The van der Waals surface area contributed by atoms with E-state index in [2.05, 4.69) is 25.0 Å². The van der Waals surface area contributed by atoms with Gasteiger partial charge in [0, 0.05) is 0 Å². The topological polar surface area (TPSA) is 27.7 Å². The Morgan fingerprint density at radius 3 is 2.40 bits per heavy atom. The summed E-state index contributed by atoms with van der Waals surface area (Å²) in [6.07, 6.45) is 0. The molecule has 0 bridgehead atoms. The molecule has 0 saturated heterocycles. The first kappa shape index (κ1) is 7.27. The van der Waals surface area contributed by atoms with Crippen LogP contribution in [0.5, 0.6) is 5.75 Å². The van der Waals surface area contributed by atoms with Crippen molar-refractivity contribution in [2.24, 2.45) is 0 Å². The Hall–Kier alpha value is -0.843. The maximum absolute atomic E-state index is 4.58. The highest BCUT2D eigenvalue weighted by atomic mass is 28.2. The molecule has 0 heterocycles. The summed E-state index contributed by atoms with van der Waals surface area (Å²) in [7, 11) is 2.60. The lowest BCUT2D eigenvalue weighted by Crippen LogP contribution is -1.95. The lowest BCUT2D eigenvalue weighted by Gasteiger charge is -1.98. The van der Waals surface area contributed by atoms with Gasteiger partial charge in [-0.1, -0.05) is 18.2 Å². The number of benzene rings is 1. The monoisotopic (exact) mass is 153 g/mol. The van der Waals surface area contributed by atoms with Crippen molar-refractivity contribution in [1.29, 1.82) is 0 Å². The second-order valence-corrected chi connectivity index (χ2v) is 1.71. The zero-order valence-electron chi connectivity index (χ0n) is 5.11. The van der Waals surface area contributed by atoms with Gasteiger partial charge in [0.25, 0.3) is 0 Å². The van der Waals surface area contributed by atoms with E-state index < -0.39 is 0 Å². The van der Waals surface area contributed by atoms with Gasteiger partial charge in [0.1, 0.15) is 0 Å². The molecule has 0 saturated carbocycles. The summed E-state index contributed by atoms with van der Waals surface area (Å²) in [5.41, 5.74) is 0. The van der Waals surface area contributed by atoms with Crippen molar-refractivity contribution in [3.8, 4) is 5.75 Å². The molecule has 4 heteroatoms. The van der Waals surface area contributed by atoms with Crippen LogP contribution in [0.25, 0.3) is 0 Å². The molecule has 51 valence electrons. The smallest absolute Gasteiger partial charge is 0.308 e. The molecule has 3 nitrogen and oxygen atoms in total. The Morgan fingerprint density at radius 2 is 1.80 bits per heavy atom. The van der Waals surface area contributed by atoms with Gasteiger partial charge in [0.2, 0.25) is 0 Å². The van der Waals surface area contributed by atoms with Crippen molar-refractivity contribution in [3.63, 3.8) is 0 Å². The van der Waals surface area contributed by atoms with Gasteiger partial charge in [-0.15, -0.1) is 0 Å². The molecule has 0 fully saturated rings. The number of rotatable bonds is 3. The second kappa shape index (κ2) is 4.05. The van der Waals surface area contributed by atoms with E-state index in [1.807, 2.05) is 18.2 Å². The Bertz CT molecular complexity index is 178. The van der Waals surface area contributed by atoms with Crippen molar-refractivity contribution in [2.45, 2.75) is 0 Å². The molecule has 1 rings (SSSR count). The molecular weight excluding hydrogens is 148 g/mol. The summed E-state index contributed by atoms with van der Waals surface area (Å²) in [5.74, 6) is 0.584. The summed E-state index contributed by atoms with van der Waals surface area (Å²) in [4.78, 5) is 4.58. The highest BCUT2D eigenvalue weighted by Gasteiger charge is 1.88. The first-order valence-corrected chi connectivity index (χ1v) is 3.06. The molecule has 1 aromatic rings. The van der Waals surface area contributed by atoms with Crippen LogP contribution in [0.15, 0.2) is 30.3 Å². The molecule has 0 aliphatic heterocycles. The maximum Gasteiger partial charge on any atom is 0.308 e. The van der Waals surface area contributed by atoms with E-state index in [4.69, 9.17) is 0 Å². The quantitative estimate of drug-likeness (QED) is 0.368. The molecule has 0 amide bonds. The zero-order valence-corrected chi connectivity index (χ0v) is 6.11. The Morgan fingerprint density at radius 1 is 1.10 bits per heavy atom. The molecule has 0 atom stereocenters. The summed E-state index contributed by atoms with van der Waals surface area (Å²) in [6.45, 7) is 0. The highest BCUT2D eigenvalue weighted by Crippen LogP contribution is 2.07. The van der Waals surface area contributed by atoms with Crippen LogP contribution < -0.4 is 4.89 Å². The Labute approximate surface area is 61.9 Å². The van der Waals surface area contributed by atoms with Gasteiger partial charge in [-0.2, -0.15) is 0 Å². The highest BCUT2D eigenvalue weighted by molar-refractivity contribution is 5.97. The minimum atomic E-state index is 0.584. The van der Waals surface area contributed by atoms with Crippen LogP contribution in [0, 0.1) is 0 Å². The minimum absolute atomic E-state index is 0.584. The maximum atomic E-state index is 4.58. The lowest BCUT2D eigenvalue weighted by molar-refractivity contribution is -0.411. The SMILES string of the molecule is [Si]OOOc1ccccc1. The molecule has 1 aromatic carbocycles. The Balaban J connectivity index is 2.43. The van der Waals surface area contributed by atoms with E-state index in [1.165, 1.54) is 0 Å². The van der Waals surface area contributed by atoms with Gasteiger partial charge in [0.05, 0.1) is 0 Å². The van der Waals surface area contributed by atoms with Crippen molar-refractivity contribution < 1.29 is 14.5 Å². The second-order valence-electron chi connectivity index (χ2n) is 1.55. The van der Waals surface area contributed by atoms with Crippen LogP contribution in [-0.4, -0.2) is 10.5 Å². The third-order valence-electron chi connectivity index (χ3n) is 0.907. The number of hydrogen-bond acceptors (Lipinski definition) is 3. The van der Waals surface area contributed by atoms with Gasteiger partial charge in [-0.25, -0.2) is 4.58 Å². The molecule has 0 aliphatic rings. The predicted octanol–water partition coefficient (Wildman–Crippen LogP) is 1.01. The average molecular weight is 153 g/mol. The van der Waals surface area contributed by atoms with Gasteiger partial charge < -0.3 is 4.89 Å². The molecule has 3 radical (unpaired) electrons. The number of hydrogen-bond donors (Lipinski definition) is 0. The van der Waals surface area contributed by atoms with Crippen molar-refractivity contribution in [2.75, 3.05) is 0 Å². The molecular formula is C6H5O3Si. The first-order valence-electron chi connectivity index (χ1n) is 2.65. The molecule has 10 heavy (non-hydrogen) atoms. The zero-order chi connectivity index (χ0) is 7.23. The largest absolute Gasteiger partial charge is 0.309 e. The molecule has 0 aliphatic carbocycles. The third-order valence-corrected chi connectivity index (χ3v) is 0.976. The third kappa shape index (κ3) is 2.18. The van der Waals surface area contributed by atoms with Crippen LogP contribution in [0.2, 0.25) is 0 Å². The van der Waals surface area contributed by atoms with E-state index in [9.17, 15) is 0 Å². The Kier molecular flexibility index (Phi) is 2.94. The molecule has 0 unspecified atom stereocenters. The van der Waals surface area contributed by atoms with Crippen LogP contribution in [-0.2, 0) is 9.61 Å². The fraction of sp³-hybridized carbons (Fsp3) is 0. The van der Waals surface area contributed by atoms with Crippen LogP contribution >= 0.6 is 0 Å². The predicted molar refractivity (Wildman–Crippen MR) is 35.0 cm³/mol. The van der Waals surface area contributed by atoms with E-state index >= 15 is 0 Å². The van der Waals surface area contributed by atoms with E-state index in [0.717, 1.165) is 0 Å². The molecule has 0 spiro atoms. The number of para-hydroxylation sites is 1. The van der Waals surface area contributed by atoms with Gasteiger partial charge in [-0.3, -0.25) is 0 Å². The summed E-state index contributed by atoms with van der Waals surface area (Å²) in [5, 5.41) is 4.13. The van der Waals surface area contributed by atoms with E-state index in [1.54, 1.807) is 12.1 Å². The molecule has 0 aromatic heterocycles. The fourth-order valence-corrected chi connectivity index (χ4v) is 0.566. The van der Waals surface area contributed by atoms with Gasteiger partial charge >= 0.3 is 10.5 Å². The van der Waals surface area contributed by atoms with E-state index in [0.29, 0.717) is 5.75 Å².